The number of carbonyl (C=O) groups is 2. The highest BCUT2D eigenvalue weighted by molar-refractivity contribution is 5.93. The van der Waals surface area contributed by atoms with Crippen LogP contribution in [0.1, 0.15) is 19.3 Å². The minimum Gasteiger partial charge on any atom is -0.330 e. The highest BCUT2D eigenvalue weighted by atomic mass is 16.1. The maximum absolute atomic E-state index is 11.2. The molecule has 0 aliphatic carbocycles. The van der Waals surface area contributed by atoms with Gasteiger partial charge in [0.25, 0.3) is 0 Å². The molecule has 0 aliphatic heterocycles. The van der Waals surface area contributed by atoms with Crippen LogP contribution < -0.4 is 11.5 Å². The predicted molar refractivity (Wildman–Crippen MR) is 46.5 cm³/mol. The topological polar surface area (TPSA) is 86.2 Å². The van der Waals surface area contributed by atoms with Gasteiger partial charge in [-0.3, -0.25) is 4.79 Å². The zero-order valence-corrected chi connectivity index (χ0v) is 7.16. The van der Waals surface area contributed by atoms with Gasteiger partial charge in [0, 0.05) is 6.42 Å². The molecule has 0 amide bonds. The molecule has 0 heterocycles. The van der Waals surface area contributed by atoms with Gasteiger partial charge in [-0.1, -0.05) is 0 Å². The van der Waals surface area contributed by atoms with Crippen LogP contribution >= 0.6 is 0 Å². The van der Waals surface area contributed by atoms with Gasteiger partial charge in [-0.15, -0.1) is 0 Å². The summed E-state index contributed by atoms with van der Waals surface area (Å²) in [6, 6.07) is 0. The normalized spacial score (nSPS) is 12.5. The summed E-state index contributed by atoms with van der Waals surface area (Å²) in [6.45, 7) is 0.859. The lowest BCUT2D eigenvalue weighted by Crippen LogP contribution is -2.20. The van der Waals surface area contributed by atoms with E-state index >= 15 is 0 Å². The van der Waals surface area contributed by atoms with Gasteiger partial charge in [-0.2, -0.15) is 0 Å². The van der Waals surface area contributed by atoms with Gasteiger partial charge in [0.2, 0.25) is 0 Å². The van der Waals surface area contributed by atoms with E-state index in [0.717, 1.165) is 0 Å². The molecular formula is C8H16N2O2. The lowest BCUT2D eigenvalue weighted by molar-refractivity contribution is -0.127. The lowest BCUT2D eigenvalue weighted by Gasteiger charge is -2.06. The Hall–Kier alpha value is -0.740. The van der Waals surface area contributed by atoms with Crippen LogP contribution in [0.4, 0.5) is 0 Å². The van der Waals surface area contributed by atoms with Crippen LogP contribution in [0.15, 0.2) is 0 Å². The Bertz CT molecular complexity index is 148. The second kappa shape index (κ2) is 6.94. The maximum Gasteiger partial charge on any atom is 0.143 e. The fourth-order valence-corrected chi connectivity index (χ4v) is 0.946. The molecule has 0 fully saturated rings. The van der Waals surface area contributed by atoms with Crippen molar-refractivity contribution in [3.05, 3.63) is 0 Å². The highest BCUT2D eigenvalue weighted by Crippen LogP contribution is 2.04. The smallest absolute Gasteiger partial charge is 0.143 e. The van der Waals surface area contributed by atoms with Crippen LogP contribution in [-0.4, -0.2) is 25.2 Å². The van der Waals surface area contributed by atoms with Crippen molar-refractivity contribution in [3.63, 3.8) is 0 Å². The first-order chi connectivity index (χ1) is 5.76. The molecule has 1 atom stereocenters. The van der Waals surface area contributed by atoms with E-state index in [9.17, 15) is 9.59 Å². The number of hydrogen-bond acceptors (Lipinski definition) is 4. The summed E-state index contributed by atoms with van der Waals surface area (Å²) >= 11 is 0. The molecule has 1 unspecified atom stereocenters. The summed E-state index contributed by atoms with van der Waals surface area (Å²) in [7, 11) is 0. The third-order valence-electron chi connectivity index (χ3n) is 1.68. The summed E-state index contributed by atoms with van der Waals surface area (Å²) in [5.41, 5.74) is 10.5. The number of carbonyl (C=O) groups excluding carboxylic acids is 2. The van der Waals surface area contributed by atoms with Gasteiger partial charge in [0.1, 0.15) is 12.1 Å². The van der Waals surface area contributed by atoms with Gasteiger partial charge >= 0.3 is 0 Å². The summed E-state index contributed by atoms with van der Waals surface area (Å²) in [6.07, 6.45) is 2.16. The molecule has 0 spiro atoms. The average molecular weight is 172 g/mol. The van der Waals surface area contributed by atoms with Crippen LogP contribution in [0.25, 0.3) is 0 Å². The fourth-order valence-electron chi connectivity index (χ4n) is 0.946. The summed E-state index contributed by atoms with van der Waals surface area (Å²) in [5, 5.41) is 0. The highest BCUT2D eigenvalue weighted by Gasteiger charge is 2.15. The number of hydrogen-bond donors (Lipinski definition) is 2. The van der Waals surface area contributed by atoms with E-state index in [-0.39, 0.29) is 5.78 Å². The van der Waals surface area contributed by atoms with Gasteiger partial charge in [0.15, 0.2) is 0 Å². The zero-order valence-electron chi connectivity index (χ0n) is 7.16. The molecule has 0 saturated heterocycles. The number of nitrogens with two attached hydrogens (primary N) is 2. The van der Waals surface area contributed by atoms with E-state index in [0.29, 0.717) is 38.6 Å². The van der Waals surface area contributed by atoms with Crippen molar-refractivity contribution in [2.75, 3.05) is 13.1 Å². The van der Waals surface area contributed by atoms with E-state index in [1.54, 1.807) is 0 Å². The van der Waals surface area contributed by atoms with Crippen molar-refractivity contribution >= 4 is 12.1 Å². The molecule has 0 aliphatic rings. The summed E-state index contributed by atoms with van der Waals surface area (Å²) in [5.74, 6) is -0.553. The van der Waals surface area contributed by atoms with Crippen molar-refractivity contribution in [2.45, 2.75) is 19.3 Å². The molecule has 4 heteroatoms. The minimum absolute atomic E-state index is 0.0408. The van der Waals surface area contributed by atoms with Crippen molar-refractivity contribution in [1.29, 1.82) is 0 Å². The first-order valence-electron chi connectivity index (χ1n) is 4.14. The third kappa shape index (κ3) is 4.20. The maximum atomic E-state index is 11.2. The van der Waals surface area contributed by atoms with Crippen molar-refractivity contribution in [3.8, 4) is 0 Å². The van der Waals surface area contributed by atoms with Gasteiger partial charge in [-0.25, -0.2) is 0 Å². The lowest BCUT2D eigenvalue weighted by atomic mass is 9.98. The minimum atomic E-state index is -0.512. The fraction of sp³-hybridized carbons (Fsp3) is 0.750. The van der Waals surface area contributed by atoms with Crippen molar-refractivity contribution in [2.24, 2.45) is 17.4 Å². The Balaban J connectivity index is 3.77. The number of rotatable bonds is 7. The van der Waals surface area contributed by atoms with Gasteiger partial charge < -0.3 is 16.3 Å². The Labute approximate surface area is 72.3 Å². The number of ketones is 1. The second-order valence-corrected chi connectivity index (χ2v) is 2.68. The zero-order chi connectivity index (χ0) is 9.40. The van der Waals surface area contributed by atoms with E-state index < -0.39 is 5.92 Å². The van der Waals surface area contributed by atoms with E-state index in [4.69, 9.17) is 11.5 Å². The van der Waals surface area contributed by atoms with Crippen LogP contribution in [-0.2, 0) is 9.59 Å². The van der Waals surface area contributed by atoms with E-state index in [1.165, 1.54) is 0 Å². The van der Waals surface area contributed by atoms with Crippen LogP contribution in [0.5, 0.6) is 0 Å². The first-order valence-corrected chi connectivity index (χ1v) is 4.14. The molecule has 0 rings (SSSR count). The molecule has 0 aromatic rings. The van der Waals surface area contributed by atoms with Crippen molar-refractivity contribution < 1.29 is 9.59 Å². The van der Waals surface area contributed by atoms with E-state index in [2.05, 4.69) is 0 Å². The molecule has 0 aromatic carbocycles. The Morgan fingerprint density at radius 2 is 2.00 bits per heavy atom. The largest absolute Gasteiger partial charge is 0.330 e. The monoisotopic (exact) mass is 172 g/mol. The molecule has 12 heavy (non-hydrogen) atoms. The molecule has 0 aromatic heterocycles. The molecular weight excluding hydrogens is 156 g/mol. The van der Waals surface area contributed by atoms with Crippen LogP contribution in [0.3, 0.4) is 0 Å². The SMILES string of the molecule is NCCCC(=O)C(C=O)CCN. The molecule has 0 bridgehead atoms. The predicted octanol–water partition coefficient (Wildman–Crippen LogP) is -0.542. The molecule has 0 radical (unpaired) electrons. The van der Waals surface area contributed by atoms with Crippen molar-refractivity contribution in [1.82, 2.24) is 0 Å². The molecule has 4 nitrogen and oxygen atoms in total. The standard InChI is InChI=1S/C8H16N2O2/c9-4-1-2-8(12)7(6-11)3-5-10/h6-7H,1-5,9-10H2. The molecule has 70 valence electrons. The number of Topliss-reactive ketones (excluding diaryl/α,β-unsaturated/α-hetero) is 1. The van der Waals surface area contributed by atoms with Crippen LogP contribution in [0.2, 0.25) is 0 Å². The average Bonchev–Trinajstić information content (AvgIpc) is 2.10. The number of aldehydes is 1. The quantitative estimate of drug-likeness (QED) is 0.399. The van der Waals surface area contributed by atoms with Gasteiger partial charge in [0.05, 0.1) is 5.92 Å². The molecule has 0 saturated carbocycles. The molecule has 4 N–H and O–H groups in total. The Kier molecular flexibility index (Phi) is 6.51. The Morgan fingerprint density at radius 1 is 1.33 bits per heavy atom. The third-order valence-corrected chi connectivity index (χ3v) is 1.68. The summed E-state index contributed by atoms with van der Waals surface area (Å²) < 4.78 is 0. The van der Waals surface area contributed by atoms with E-state index in [1.807, 2.05) is 0 Å². The second-order valence-electron chi connectivity index (χ2n) is 2.68. The summed E-state index contributed by atoms with van der Waals surface area (Å²) in [4.78, 5) is 21.6. The van der Waals surface area contributed by atoms with Gasteiger partial charge in [-0.05, 0) is 25.9 Å². The first kappa shape index (κ1) is 11.3. The Morgan fingerprint density at radius 3 is 2.42 bits per heavy atom. The van der Waals surface area contributed by atoms with Crippen LogP contribution in [0, 0.1) is 5.92 Å².